The van der Waals surface area contributed by atoms with E-state index in [1.165, 1.54) is 11.6 Å². The predicted octanol–water partition coefficient (Wildman–Crippen LogP) is 1.03. The van der Waals surface area contributed by atoms with Gasteiger partial charge in [0.1, 0.15) is 19.0 Å². The Morgan fingerprint density at radius 1 is 0.960 bits per heavy atom. The van der Waals surface area contributed by atoms with E-state index in [-0.39, 0.29) is 12.6 Å². The minimum absolute atomic E-state index is 0.261. The quantitative estimate of drug-likeness (QED) is 0.424. The third-order valence-electron chi connectivity index (χ3n) is 3.83. The number of hydrogen-bond acceptors (Lipinski definition) is 5. The number of nitrogens with zero attached hydrogens (tertiary/aromatic N) is 4. The van der Waals surface area contributed by atoms with Crippen molar-refractivity contribution in [1.29, 1.82) is 0 Å². The Morgan fingerprint density at radius 3 is 2.28 bits per heavy atom. The van der Waals surface area contributed by atoms with Crippen LogP contribution in [0.25, 0.3) is 11.2 Å². The number of hydrogen-bond donors (Lipinski definition) is 0. The summed E-state index contributed by atoms with van der Waals surface area (Å²) in [6, 6.07) is 7.95. The topological polar surface area (TPSA) is 80.3 Å². The van der Waals surface area contributed by atoms with E-state index < -0.39 is 11.2 Å². The maximum absolute atomic E-state index is 12.3. The average molecular weight is 456 g/mol. The number of aromatic nitrogens is 4. The maximum atomic E-state index is 12.3. The summed E-state index contributed by atoms with van der Waals surface area (Å²) in [5, 5.41) is 0. The van der Waals surface area contributed by atoms with Crippen LogP contribution in [-0.2, 0) is 21.1 Å². The van der Waals surface area contributed by atoms with E-state index in [0.29, 0.717) is 17.8 Å². The van der Waals surface area contributed by atoms with Gasteiger partial charge < -0.3 is 9.47 Å². The predicted molar refractivity (Wildman–Crippen MR) is 101 cm³/mol. The molecule has 25 heavy (non-hydrogen) atoms. The first-order valence-corrected chi connectivity index (χ1v) is 8.61. The molecule has 0 spiro atoms. The zero-order valence-corrected chi connectivity index (χ0v) is 16.2. The van der Waals surface area contributed by atoms with Gasteiger partial charge in [0.05, 0.1) is 0 Å². The molecule has 3 aromatic rings. The van der Waals surface area contributed by atoms with Crippen LogP contribution in [0.3, 0.4) is 0 Å². The molecular weight excluding hydrogens is 439 g/mol. The van der Waals surface area contributed by atoms with Gasteiger partial charge in [-0.1, -0.05) is 0 Å². The zero-order valence-electron chi connectivity index (χ0n) is 14.0. The van der Waals surface area contributed by atoms with Crippen LogP contribution in [0.1, 0.15) is 0 Å². The van der Waals surface area contributed by atoms with Crippen LogP contribution in [0.4, 0.5) is 0 Å². The van der Waals surface area contributed by atoms with Gasteiger partial charge in [-0.15, -0.1) is 0 Å². The molecule has 0 aliphatic rings. The Kier molecular flexibility index (Phi) is 4.84. The van der Waals surface area contributed by atoms with Crippen molar-refractivity contribution < 1.29 is 9.47 Å². The summed E-state index contributed by atoms with van der Waals surface area (Å²) in [6.07, 6.45) is 0. The SMILES string of the molecule is Cn1c(=O)c2c(nc(OCCOc3ccc(I)cc3)n2C)n(C)c1=O. The fourth-order valence-electron chi connectivity index (χ4n) is 2.45. The second kappa shape index (κ2) is 6.90. The number of aryl methyl sites for hydroxylation is 2. The van der Waals surface area contributed by atoms with Gasteiger partial charge in [0.15, 0.2) is 11.2 Å². The Balaban J connectivity index is 1.76. The van der Waals surface area contributed by atoms with Crippen molar-refractivity contribution in [3.8, 4) is 11.8 Å². The summed E-state index contributed by atoms with van der Waals surface area (Å²) in [6.45, 7) is 0.595. The molecule has 0 unspecified atom stereocenters. The van der Waals surface area contributed by atoms with E-state index in [4.69, 9.17) is 9.47 Å². The second-order valence-corrected chi connectivity index (χ2v) is 6.73. The fraction of sp³-hybridized carbons (Fsp3) is 0.312. The van der Waals surface area contributed by atoms with E-state index in [1.807, 2.05) is 24.3 Å². The molecule has 0 fully saturated rings. The number of halogens is 1. The van der Waals surface area contributed by atoms with Gasteiger partial charge in [0.2, 0.25) is 0 Å². The van der Waals surface area contributed by atoms with Crippen molar-refractivity contribution in [2.75, 3.05) is 13.2 Å². The Hall–Kier alpha value is -2.30. The lowest BCUT2D eigenvalue weighted by Crippen LogP contribution is -2.37. The Morgan fingerprint density at radius 2 is 1.60 bits per heavy atom. The lowest BCUT2D eigenvalue weighted by molar-refractivity contribution is 0.203. The first-order valence-electron chi connectivity index (χ1n) is 7.53. The van der Waals surface area contributed by atoms with Crippen LogP contribution in [0.2, 0.25) is 0 Å². The largest absolute Gasteiger partial charge is 0.490 e. The second-order valence-electron chi connectivity index (χ2n) is 5.48. The lowest BCUT2D eigenvalue weighted by Gasteiger charge is -2.08. The molecule has 2 heterocycles. The Labute approximate surface area is 156 Å². The van der Waals surface area contributed by atoms with Gasteiger partial charge >= 0.3 is 5.69 Å². The molecule has 0 aliphatic heterocycles. The average Bonchev–Trinajstić information content (AvgIpc) is 2.93. The first kappa shape index (κ1) is 17.5. The van der Waals surface area contributed by atoms with Gasteiger partial charge in [-0.05, 0) is 46.9 Å². The third kappa shape index (κ3) is 3.28. The van der Waals surface area contributed by atoms with Crippen LogP contribution in [0.5, 0.6) is 11.8 Å². The summed E-state index contributed by atoms with van der Waals surface area (Å²) >= 11 is 2.23. The van der Waals surface area contributed by atoms with E-state index in [9.17, 15) is 9.59 Å². The summed E-state index contributed by atoms with van der Waals surface area (Å²) in [5.74, 6) is 0.755. The number of fused-ring (bicyclic) bond motifs is 1. The highest BCUT2D eigenvalue weighted by atomic mass is 127. The molecule has 0 saturated heterocycles. The number of ether oxygens (including phenoxy) is 2. The van der Waals surface area contributed by atoms with Gasteiger partial charge in [-0.2, -0.15) is 4.98 Å². The summed E-state index contributed by atoms with van der Waals surface area (Å²) in [4.78, 5) is 28.5. The monoisotopic (exact) mass is 456 g/mol. The van der Waals surface area contributed by atoms with E-state index >= 15 is 0 Å². The normalized spacial score (nSPS) is 11.0. The lowest BCUT2D eigenvalue weighted by atomic mass is 10.3. The minimum atomic E-state index is -0.427. The molecule has 0 amide bonds. The molecule has 1 aromatic carbocycles. The molecule has 8 nitrogen and oxygen atoms in total. The smallest absolute Gasteiger partial charge is 0.332 e. The van der Waals surface area contributed by atoms with Gasteiger partial charge in [-0.25, -0.2) is 4.79 Å². The van der Waals surface area contributed by atoms with E-state index in [0.717, 1.165) is 13.9 Å². The van der Waals surface area contributed by atoms with Crippen LogP contribution in [-0.4, -0.2) is 31.9 Å². The highest BCUT2D eigenvalue weighted by molar-refractivity contribution is 14.1. The molecule has 3 rings (SSSR count). The highest BCUT2D eigenvalue weighted by Crippen LogP contribution is 2.16. The van der Waals surface area contributed by atoms with Gasteiger partial charge in [-0.3, -0.25) is 18.5 Å². The summed E-state index contributed by atoms with van der Waals surface area (Å²) < 4.78 is 16.3. The summed E-state index contributed by atoms with van der Waals surface area (Å²) in [7, 11) is 4.68. The number of rotatable bonds is 5. The molecule has 9 heteroatoms. The number of benzene rings is 1. The van der Waals surface area contributed by atoms with Gasteiger partial charge in [0.25, 0.3) is 11.6 Å². The van der Waals surface area contributed by atoms with Crippen molar-refractivity contribution in [1.82, 2.24) is 18.7 Å². The molecule has 0 N–H and O–H groups in total. The zero-order chi connectivity index (χ0) is 18.1. The molecule has 0 saturated carbocycles. The maximum Gasteiger partial charge on any atom is 0.332 e. The van der Waals surface area contributed by atoms with Gasteiger partial charge in [0, 0.05) is 24.7 Å². The number of imidazole rings is 1. The third-order valence-corrected chi connectivity index (χ3v) is 4.55. The molecular formula is C16H17IN4O4. The standard InChI is InChI=1S/C16H17IN4O4/c1-19-12-13(20(2)16(23)21(3)14(12)22)18-15(19)25-9-8-24-11-6-4-10(17)5-7-11/h4-7H,8-9H2,1-3H3. The fourth-order valence-corrected chi connectivity index (χ4v) is 2.81. The van der Waals surface area contributed by atoms with Crippen LogP contribution in [0, 0.1) is 3.57 Å². The van der Waals surface area contributed by atoms with Crippen molar-refractivity contribution in [3.63, 3.8) is 0 Å². The molecule has 0 atom stereocenters. The van der Waals surface area contributed by atoms with Crippen molar-refractivity contribution in [2.45, 2.75) is 0 Å². The summed E-state index contributed by atoms with van der Waals surface area (Å²) in [5.41, 5.74) is -0.218. The minimum Gasteiger partial charge on any atom is -0.490 e. The van der Waals surface area contributed by atoms with Crippen LogP contribution in [0.15, 0.2) is 33.9 Å². The van der Waals surface area contributed by atoms with Crippen LogP contribution >= 0.6 is 22.6 Å². The Bertz CT molecular complexity index is 1030. The van der Waals surface area contributed by atoms with E-state index in [1.54, 1.807) is 18.7 Å². The van der Waals surface area contributed by atoms with Crippen molar-refractivity contribution in [3.05, 3.63) is 48.7 Å². The molecule has 2 aromatic heterocycles. The van der Waals surface area contributed by atoms with Crippen molar-refractivity contribution >= 4 is 33.8 Å². The van der Waals surface area contributed by atoms with Crippen molar-refractivity contribution in [2.24, 2.45) is 21.1 Å². The van der Waals surface area contributed by atoms with E-state index in [2.05, 4.69) is 27.6 Å². The molecule has 0 bridgehead atoms. The highest BCUT2D eigenvalue weighted by Gasteiger charge is 2.17. The molecule has 0 aliphatic carbocycles. The molecule has 132 valence electrons. The molecule has 0 radical (unpaired) electrons. The first-order chi connectivity index (χ1) is 11.9. The van der Waals surface area contributed by atoms with Crippen LogP contribution < -0.4 is 20.7 Å².